The number of rotatable bonds is 16. The topological polar surface area (TPSA) is 40.2 Å². The van der Waals surface area contributed by atoms with Gasteiger partial charge in [0.2, 0.25) is 0 Å². The zero-order valence-corrected chi connectivity index (χ0v) is 16.5. The first kappa shape index (κ1) is 21.1. The molecule has 0 radical (unpaired) electrons. The van der Waals surface area contributed by atoms with Gasteiger partial charge in [-0.2, -0.15) is 0 Å². The van der Waals surface area contributed by atoms with E-state index in [9.17, 15) is 0 Å². The molecule has 4 atom stereocenters. The Morgan fingerprint density at radius 3 is 2.12 bits per heavy atom. The van der Waals surface area contributed by atoms with E-state index in [-0.39, 0.29) is 12.2 Å². The summed E-state index contributed by atoms with van der Waals surface area (Å²) in [6, 6.07) is 0. The molecule has 2 heterocycles. The van der Waals surface area contributed by atoms with Crippen LogP contribution in [0.2, 0.25) is 0 Å². The molecule has 0 aliphatic carbocycles. The van der Waals surface area contributed by atoms with Crippen molar-refractivity contribution in [1.82, 2.24) is 0 Å². The minimum atomic E-state index is 0.178. The average molecular weight is 357 g/mol. The number of ether oxygens (including phenoxy) is 4. The quantitative estimate of drug-likeness (QED) is 0.216. The molecule has 0 saturated carbocycles. The van der Waals surface area contributed by atoms with Gasteiger partial charge in [0.1, 0.15) is 12.9 Å². The first-order valence-corrected chi connectivity index (χ1v) is 10.7. The number of hydrogen-bond acceptors (Lipinski definition) is 4. The summed E-state index contributed by atoms with van der Waals surface area (Å²) in [5.41, 5.74) is 0. The zero-order valence-electron chi connectivity index (χ0n) is 16.5. The van der Waals surface area contributed by atoms with Crippen molar-refractivity contribution >= 4 is 0 Å². The van der Waals surface area contributed by atoms with Gasteiger partial charge in [-0.3, -0.25) is 0 Å². The third-order valence-corrected chi connectivity index (χ3v) is 5.52. The van der Waals surface area contributed by atoms with Crippen LogP contribution < -0.4 is 0 Å². The molecule has 0 bridgehead atoms. The smallest absolute Gasteiger partial charge is 0.146 e. The monoisotopic (exact) mass is 356 g/mol. The van der Waals surface area contributed by atoms with Gasteiger partial charge in [0.25, 0.3) is 0 Å². The third kappa shape index (κ3) is 8.85. The van der Waals surface area contributed by atoms with Crippen LogP contribution in [-0.2, 0) is 18.9 Å². The van der Waals surface area contributed by atoms with E-state index < -0.39 is 0 Å². The lowest BCUT2D eigenvalue weighted by Gasteiger charge is -2.24. The second-order valence-corrected chi connectivity index (χ2v) is 7.74. The second kappa shape index (κ2) is 13.1. The van der Waals surface area contributed by atoms with E-state index >= 15 is 0 Å². The minimum Gasteiger partial charge on any atom is -0.370 e. The average Bonchev–Trinajstić information content (AvgIpc) is 3.36. The highest BCUT2D eigenvalue weighted by molar-refractivity contribution is 4.88. The minimum absolute atomic E-state index is 0.178. The van der Waals surface area contributed by atoms with E-state index in [0.29, 0.717) is 19.0 Å². The maximum absolute atomic E-state index is 6.18. The van der Waals surface area contributed by atoms with Gasteiger partial charge in [0, 0.05) is 7.11 Å². The lowest BCUT2D eigenvalue weighted by molar-refractivity contribution is -0.129. The molecule has 2 rings (SSSR count). The van der Waals surface area contributed by atoms with Crippen LogP contribution in [0.15, 0.2) is 0 Å². The van der Waals surface area contributed by atoms with Crippen molar-refractivity contribution in [2.75, 3.05) is 20.5 Å². The fraction of sp³-hybridized carbons (Fsp3) is 1.00. The summed E-state index contributed by atoms with van der Waals surface area (Å²) in [7, 11) is 1.69. The van der Waals surface area contributed by atoms with Crippen molar-refractivity contribution in [2.24, 2.45) is 0 Å². The number of methoxy groups -OCH3 is 1. The van der Waals surface area contributed by atoms with Crippen LogP contribution in [0.5, 0.6) is 0 Å². The van der Waals surface area contributed by atoms with E-state index in [4.69, 9.17) is 18.9 Å². The number of unbranched alkanes of at least 4 members (excludes halogenated alkanes) is 9. The molecular formula is C21H40O4. The van der Waals surface area contributed by atoms with Crippen molar-refractivity contribution in [3.63, 3.8) is 0 Å². The lowest BCUT2D eigenvalue weighted by atomic mass is 10.0. The molecule has 0 amide bonds. The standard InChI is InChI=1S/C21H40O4/c1-3-4-5-6-7-8-9-10-11-12-13-18(24-17-22-2)19-14-15-20(25-19)21-16-23-21/h18-21H,3-17H2,1-2H3/t18-,19-,20-,21+/m1/s1. The fourth-order valence-corrected chi connectivity index (χ4v) is 3.87. The van der Waals surface area contributed by atoms with E-state index in [1.165, 1.54) is 64.2 Å². The Morgan fingerprint density at radius 1 is 0.880 bits per heavy atom. The van der Waals surface area contributed by atoms with Crippen molar-refractivity contribution in [3.8, 4) is 0 Å². The molecule has 4 heteroatoms. The summed E-state index contributed by atoms with van der Waals surface area (Å²) in [6.45, 7) is 3.52. The Morgan fingerprint density at radius 2 is 1.52 bits per heavy atom. The van der Waals surface area contributed by atoms with Gasteiger partial charge in [-0.05, 0) is 19.3 Å². The van der Waals surface area contributed by atoms with Gasteiger partial charge >= 0.3 is 0 Å². The molecule has 2 fully saturated rings. The van der Waals surface area contributed by atoms with Crippen LogP contribution in [0, 0.1) is 0 Å². The summed E-state index contributed by atoms with van der Waals surface area (Å²) < 4.78 is 22.6. The molecule has 0 aromatic carbocycles. The molecule has 148 valence electrons. The van der Waals surface area contributed by atoms with Crippen molar-refractivity contribution in [3.05, 3.63) is 0 Å². The maximum Gasteiger partial charge on any atom is 0.146 e. The Labute approximate surface area is 154 Å². The second-order valence-electron chi connectivity index (χ2n) is 7.74. The summed E-state index contributed by atoms with van der Waals surface area (Å²) in [4.78, 5) is 0. The highest BCUT2D eigenvalue weighted by Crippen LogP contribution is 2.32. The summed E-state index contributed by atoms with van der Waals surface area (Å²) in [5, 5.41) is 0. The van der Waals surface area contributed by atoms with E-state index in [0.717, 1.165) is 25.9 Å². The van der Waals surface area contributed by atoms with E-state index in [2.05, 4.69) is 6.92 Å². The molecule has 0 spiro atoms. The van der Waals surface area contributed by atoms with Gasteiger partial charge in [0.15, 0.2) is 0 Å². The van der Waals surface area contributed by atoms with Crippen molar-refractivity contribution < 1.29 is 18.9 Å². The molecular weight excluding hydrogens is 316 g/mol. The van der Waals surface area contributed by atoms with Crippen LogP contribution in [0.4, 0.5) is 0 Å². The van der Waals surface area contributed by atoms with Gasteiger partial charge in [-0.1, -0.05) is 71.1 Å². The molecule has 0 unspecified atom stereocenters. The predicted octanol–water partition coefficient (Wildman–Crippen LogP) is 5.23. The first-order valence-electron chi connectivity index (χ1n) is 10.7. The van der Waals surface area contributed by atoms with Crippen LogP contribution in [0.1, 0.15) is 90.4 Å². The highest BCUT2D eigenvalue weighted by atomic mass is 16.7. The largest absolute Gasteiger partial charge is 0.370 e. The number of hydrogen-bond donors (Lipinski definition) is 0. The summed E-state index contributed by atoms with van der Waals surface area (Å²) >= 11 is 0. The van der Waals surface area contributed by atoms with Crippen molar-refractivity contribution in [2.45, 2.75) is 115 Å². The van der Waals surface area contributed by atoms with Crippen LogP contribution in [-0.4, -0.2) is 44.9 Å². The van der Waals surface area contributed by atoms with E-state index in [1.54, 1.807) is 7.11 Å². The van der Waals surface area contributed by atoms with Crippen molar-refractivity contribution in [1.29, 1.82) is 0 Å². The Hall–Kier alpha value is -0.160. The highest BCUT2D eigenvalue weighted by Gasteiger charge is 2.41. The normalized spacial score (nSPS) is 26.9. The molecule has 2 aliphatic rings. The molecule has 2 aliphatic heterocycles. The molecule has 0 aromatic rings. The van der Waals surface area contributed by atoms with Gasteiger partial charge < -0.3 is 18.9 Å². The van der Waals surface area contributed by atoms with Crippen LogP contribution >= 0.6 is 0 Å². The molecule has 0 aromatic heterocycles. The maximum atomic E-state index is 6.18. The van der Waals surface area contributed by atoms with Crippen LogP contribution in [0.3, 0.4) is 0 Å². The van der Waals surface area contributed by atoms with Gasteiger partial charge in [0.05, 0.1) is 24.9 Å². The number of epoxide rings is 1. The SMILES string of the molecule is CCCCCCCCCCCC[C@@H](OCOC)[C@H]1CC[C@H]([C@@H]2CO2)O1. The first-order chi connectivity index (χ1) is 12.3. The zero-order chi connectivity index (χ0) is 17.7. The lowest BCUT2D eigenvalue weighted by Crippen LogP contribution is -2.31. The molecule has 4 nitrogen and oxygen atoms in total. The predicted molar refractivity (Wildman–Crippen MR) is 101 cm³/mol. The van der Waals surface area contributed by atoms with E-state index in [1.807, 2.05) is 0 Å². The van der Waals surface area contributed by atoms with Gasteiger partial charge in [-0.15, -0.1) is 0 Å². The molecule has 2 saturated heterocycles. The molecule has 25 heavy (non-hydrogen) atoms. The van der Waals surface area contributed by atoms with Gasteiger partial charge in [-0.25, -0.2) is 0 Å². The summed E-state index contributed by atoms with van der Waals surface area (Å²) in [6.07, 6.45) is 18.0. The third-order valence-electron chi connectivity index (χ3n) is 5.52. The fourth-order valence-electron chi connectivity index (χ4n) is 3.87. The Balaban J connectivity index is 1.51. The van der Waals surface area contributed by atoms with Crippen LogP contribution in [0.25, 0.3) is 0 Å². The summed E-state index contributed by atoms with van der Waals surface area (Å²) in [5.74, 6) is 0. The Kier molecular flexibility index (Phi) is 11.1. The molecule has 0 N–H and O–H groups in total. The Bertz CT molecular complexity index is 319.